The first-order chi connectivity index (χ1) is 9.37. The fourth-order valence-corrected chi connectivity index (χ4v) is 3.42. The molecule has 1 atom stereocenters. The Labute approximate surface area is 119 Å². The van der Waals surface area contributed by atoms with E-state index >= 15 is 0 Å². The summed E-state index contributed by atoms with van der Waals surface area (Å²) < 4.78 is 1.73. The molecule has 106 valence electrons. The van der Waals surface area contributed by atoms with Crippen LogP contribution in [-0.2, 0) is 0 Å². The lowest BCUT2D eigenvalue weighted by molar-refractivity contribution is 0.123. The van der Waals surface area contributed by atoms with Gasteiger partial charge in [-0.15, -0.1) is 5.10 Å². The van der Waals surface area contributed by atoms with Gasteiger partial charge in [-0.3, -0.25) is 0 Å². The maximum absolute atomic E-state index is 10.8. The first-order valence-corrected chi connectivity index (χ1v) is 7.01. The SMILES string of the molecule is CC1(C)C(C(O)c2cnnn2-c2ccccc2)C1(C)C. The topological polar surface area (TPSA) is 50.9 Å². The fraction of sp³-hybridized carbons (Fsp3) is 0.500. The molecule has 1 aromatic carbocycles. The van der Waals surface area contributed by atoms with Crippen molar-refractivity contribution in [1.29, 1.82) is 0 Å². The summed E-state index contributed by atoms with van der Waals surface area (Å²) >= 11 is 0. The monoisotopic (exact) mass is 271 g/mol. The zero-order valence-electron chi connectivity index (χ0n) is 12.4. The van der Waals surface area contributed by atoms with Gasteiger partial charge in [-0.25, -0.2) is 4.68 Å². The van der Waals surface area contributed by atoms with Crippen LogP contribution in [0, 0.1) is 16.7 Å². The normalized spacial score (nSPS) is 21.6. The van der Waals surface area contributed by atoms with Crippen molar-refractivity contribution in [2.75, 3.05) is 0 Å². The molecule has 1 unspecified atom stereocenters. The molecule has 4 heteroatoms. The van der Waals surface area contributed by atoms with Gasteiger partial charge in [0.1, 0.15) is 6.10 Å². The van der Waals surface area contributed by atoms with E-state index in [2.05, 4.69) is 38.0 Å². The molecule has 1 heterocycles. The highest BCUT2D eigenvalue weighted by atomic mass is 16.3. The van der Waals surface area contributed by atoms with Gasteiger partial charge in [0.15, 0.2) is 0 Å². The van der Waals surface area contributed by atoms with E-state index in [-0.39, 0.29) is 16.7 Å². The van der Waals surface area contributed by atoms with Gasteiger partial charge in [-0.05, 0) is 23.0 Å². The number of benzene rings is 1. The number of aliphatic hydroxyl groups is 1. The Morgan fingerprint density at radius 2 is 1.70 bits per heavy atom. The number of aliphatic hydroxyl groups excluding tert-OH is 1. The van der Waals surface area contributed by atoms with Crippen LogP contribution in [0.15, 0.2) is 36.5 Å². The lowest BCUT2D eigenvalue weighted by Crippen LogP contribution is -2.12. The highest BCUT2D eigenvalue weighted by molar-refractivity contribution is 5.33. The largest absolute Gasteiger partial charge is 0.386 e. The van der Waals surface area contributed by atoms with Crippen molar-refractivity contribution in [3.05, 3.63) is 42.2 Å². The minimum Gasteiger partial charge on any atom is -0.386 e. The summed E-state index contributed by atoms with van der Waals surface area (Å²) in [7, 11) is 0. The minimum atomic E-state index is -0.546. The van der Waals surface area contributed by atoms with Crippen molar-refractivity contribution in [2.24, 2.45) is 16.7 Å². The van der Waals surface area contributed by atoms with Gasteiger partial charge in [-0.1, -0.05) is 51.1 Å². The Balaban J connectivity index is 1.96. The van der Waals surface area contributed by atoms with Crippen LogP contribution in [0.2, 0.25) is 0 Å². The van der Waals surface area contributed by atoms with Gasteiger partial charge in [0.05, 0.1) is 17.6 Å². The molecule has 1 fully saturated rings. The number of aromatic nitrogens is 3. The van der Waals surface area contributed by atoms with Crippen molar-refractivity contribution in [1.82, 2.24) is 15.0 Å². The van der Waals surface area contributed by atoms with Gasteiger partial charge in [0, 0.05) is 5.92 Å². The Morgan fingerprint density at radius 1 is 1.10 bits per heavy atom. The lowest BCUT2D eigenvalue weighted by Gasteiger charge is -2.14. The van der Waals surface area contributed by atoms with Gasteiger partial charge in [0.2, 0.25) is 0 Å². The van der Waals surface area contributed by atoms with E-state index in [0.717, 1.165) is 11.4 Å². The number of para-hydroxylation sites is 1. The van der Waals surface area contributed by atoms with Gasteiger partial charge in [0.25, 0.3) is 0 Å². The molecule has 1 N–H and O–H groups in total. The van der Waals surface area contributed by atoms with E-state index in [4.69, 9.17) is 0 Å². The predicted molar refractivity (Wildman–Crippen MR) is 77.4 cm³/mol. The van der Waals surface area contributed by atoms with Crippen LogP contribution in [0.25, 0.3) is 5.69 Å². The lowest BCUT2D eigenvalue weighted by atomic mass is 10.0. The molecule has 3 rings (SSSR count). The molecule has 0 radical (unpaired) electrons. The van der Waals surface area contributed by atoms with E-state index < -0.39 is 6.10 Å². The molecule has 0 spiro atoms. The van der Waals surface area contributed by atoms with Crippen molar-refractivity contribution >= 4 is 0 Å². The van der Waals surface area contributed by atoms with Gasteiger partial charge < -0.3 is 5.11 Å². The molecule has 2 aromatic rings. The first kappa shape index (κ1) is 13.3. The number of hydrogen-bond donors (Lipinski definition) is 1. The summed E-state index contributed by atoms with van der Waals surface area (Å²) in [4.78, 5) is 0. The molecule has 0 aliphatic heterocycles. The Bertz CT molecular complexity index is 602. The van der Waals surface area contributed by atoms with Crippen LogP contribution in [0.5, 0.6) is 0 Å². The third-order valence-corrected chi connectivity index (χ3v) is 5.33. The van der Waals surface area contributed by atoms with E-state index in [1.807, 2.05) is 30.3 Å². The maximum atomic E-state index is 10.8. The van der Waals surface area contributed by atoms with E-state index in [1.54, 1.807) is 10.9 Å². The van der Waals surface area contributed by atoms with E-state index in [1.165, 1.54) is 0 Å². The van der Waals surface area contributed by atoms with Crippen LogP contribution in [-0.4, -0.2) is 20.1 Å². The summed E-state index contributed by atoms with van der Waals surface area (Å²) in [5.41, 5.74) is 1.94. The molecule has 0 saturated heterocycles. The molecule has 1 aliphatic rings. The summed E-state index contributed by atoms with van der Waals surface area (Å²) in [6, 6.07) is 9.81. The molecule has 1 saturated carbocycles. The Morgan fingerprint density at radius 3 is 2.25 bits per heavy atom. The van der Waals surface area contributed by atoms with Crippen LogP contribution < -0.4 is 0 Å². The molecule has 4 nitrogen and oxygen atoms in total. The third-order valence-electron chi connectivity index (χ3n) is 5.33. The number of hydrogen-bond acceptors (Lipinski definition) is 3. The van der Waals surface area contributed by atoms with Gasteiger partial charge in [-0.2, -0.15) is 0 Å². The standard InChI is InChI=1S/C16H21N3O/c1-15(2)14(16(15,3)4)13(20)12-10-17-18-19(12)11-8-6-5-7-9-11/h5-10,13-14,20H,1-4H3. The molecule has 20 heavy (non-hydrogen) atoms. The second kappa shape index (κ2) is 4.16. The number of rotatable bonds is 3. The molecular weight excluding hydrogens is 250 g/mol. The highest BCUT2D eigenvalue weighted by Crippen LogP contribution is 2.72. The zero-order chi connectivity index (χ0) is 14.5. The van der Waals surface area contributed by atoms with Crippen molar-refractivity contribution in [3.8, 4) is 5.69 Å². The fourth-order valence-electron chi connectivity index (χ4n) is 3.42. The average molecular weight is 271 g/mol. The van der Waals surface area contributed by atoms with Crippen LogP contribution in [0.3, 0.4) is 0 Å². The first-order valence-electron chi connectivity index (χ1n) is 7.01. The van der Waals surface area contributed by atoms with Gasteiger partial charge >= 0.3 is 0 Å². The summed E-state index contributed by atoms with van der Waals surface area (Å²) in [5.74, 6) is 0.218. The zero-order valence-corrected chi connectivity index (χ0v) is 12.4. The Kier molecular flexibility index (Phi) is 2.77. The quantitative estimate of drug-likeness (QED) is 0.933. The second-order valence-corrected chi connectivity index (χ2v) is 6.77. The maximum Gasteiger partial charge on any atom is 0.102 e. The molecule has 1 aliphatic carbocycles. The third kappa shape index (κ3) is 1.71. The predicted octanol–water partition coefficient (Wildman–Crippen LogP) is 2.98. The van der Waals surface area contributed by atoms with E-state index in [9.17, 15) is 5.11 Å². The average Bonchev–Trinajstić information content (AvgIpc) is 2.76. The molecule has 1 aromatic heterocycles. The molecule has 0 bridgehead atoms. The summed E-state index contributed by atoms with van der Waals surface area (Å²) in [6.07, 6.45) is 1.12. The van der Waals surface area contributed by atoms with Crippen LogP contribution in [0.4, 0.5) is 0 Å². The summed E-state index contributed by atoms with van der Waals surface area (Å²) in [5, 5.41) is 18.9. The number of nitrogens with zero attached hydrogens (tertiary/aromatic N) is 3. The Hall–Kier alpha value is -1.68. The van der Waals surface area contributed by atoms with Crippen molar-refractivity contribution in [3.63, 3.8) is 0 Å². The van der Waals surface area contributed by atoms with Crippen LogP contribution in [0.1, 0.15) is 39.5 Å². The molecular formula is C16H21N3O. The van der Waals surface area contributed by atoms with Crippen molar-refractivity contribution < 1.29 is 5.11 Å². The minimum absolute atomic E-state index is 0.123. The summed E-state index contributed by atoms with van der Waals surface area (Å²) in [6.45, 7) is 8.82. The van der Waals surface area contributed by atoms with E-state index in [0.29, 0.717) is 0 Å². The highest BCUT2D eigenvalue weighted by Gasteiger charge is 2.67. The van der Waals surface area contributed by atoms with Crippen LogP contribution >= 0.6 is 0 Å². The second-order valence-electron chi connectivity index (χ2n) is 6.77. The smallest absolute Gasteiger partial charge is 0.102 e. The molecule has 0 amide bonds. The van der Waals surface area contributed by atoms with Crippen molar-refractivity contribution in [2.45, 2.75) is 33.8 Å².